The van der Waals surface area contributed by atoms with Gasteiger partial charge in [-0.3, -0.25) is 0 Å². The number of nitrogen functional groups attached to an aromatic ring is 1. The van der Waals surface area contributed by atoms with E-state index in [-0.39, 0.29) is 0 Å². The number of nitrogens with zero attached hydrogens (tertiary/aromatic N) is 2. The van der Waals surface area contributed by atoms with Crippen molar-refractivity contribution in [3.05, 3.63) is 16.0 Å². The van der Waals surface area contributed by atoms with Gasteiger partial charge in [-0.1, -0.05) is 6.92 Å². The number of hydrogen-bond donors (Lipinski definition) is 1. The van der Waals surface area contributed by atoms with Crippen LogP contribution in [-0.4, -0.2) is 9.97 Å². The second-order valence-electron chi connectivity index (χ2n) is 3.75. The largest absolute Gasteiger partial charge is 0.383 e. The van der Waals surface area contributed by atoms with Crippen molar-refractivity contribution in [3.63, 3.8) is 0 Å². The summed E-state index contributed by atoms with van der Waals surface area (Å²) in [5, 5.41) is 0. The number of aryl methyl sites for hydroxylation is 1. The summed E-state index contributed by atoms with van der Waals surface area (Å²) in [5.41, 5.74) is 6.93. The average molecular weight is 256 g/mol. The monoisotopic (exact) mass is 255 g/mol. The van der Waals surface area contributed by atoms with E-state index in [1.165, 1.54) is 12.8 Å². The van der Waals surface area contributed by atoms with Gasteiger partial charge in [0, 0.05) is 12.3 Å². The maximum atomic E-state index is 5.82. The van der Waals surface area contributed by atoms with Gasteiger partial charge in [0.1, 0.15) is 11.6 Å². The van der Waals surface area contributed by atoms with Crippen LogP contribution in [0.4, 0.5) is 5.82 Å². The first-order valence-corrected chi connectivity index (χ1v) is 5.83. The van der Waals surface area contributed by atoms with E-state index < -0.39 is 0 Å². The minimum atomic E-state index is 0.588. The van der Waals surface area contributed by atoms with Crippen molar-refractivity contribution >= 4 is 21.7 Å². The molecule has 0 radical (unpaired) electrons. The molecule has 4 heteroatoms. The van der Waals surface area contributed by atoms with Crippen LogP contribution in [0.3, 0.4) is 0 Å². The van der Waals surface area contributed by atoms with Gasteiger partial charge in [-0.2, -0.15) is 0 Å². The minimum Gasteiger partial charge on any atom is -0.383 e. The fourth-order valence-electron chi connectivity index (χ4n) is 1.50. The van der Waals surface area contributed by atoms with E-state index in [0.29, 0.717) is 11.7 Å². The number of aromatic nitrogens is 2. The van der Waals surface area contributed by atoms with Crippen molar-refractivity contribution in [1.29, 1.82) is 0 Å². The third-order valence-corrected chi connectivity index (χ3v) is 3.20. The zero-order valence-electron chi connectivity index (χ0n) is 8.26. The first kappa shape index (κ1) is 9.90. The third-order valence-electron chi connectivity index (χ3n) is 2.39. The van der Waals surface area contributed by atoms with Crippen molar-refractivity contribution in [1.82, 2.24) is 9.97 Å². The molecule has 1 aromatic heterocycles. The van der Waals surface area contributed by atoms with Crippen LogP contribution in [0.15, 0.2) is 4.47 Å². The summed E-state index contributed by atoms with van der Waals surface area (Å²) in [6, 6.07) is 0. The summed E-state index contributed by atoms with van der Waals surface area (Å²) in [7, 11) is 0. The highest BCUT2D eigenvalue weighted by Gasteiger charge is 2.28. The van der Waals surface area contributed by atoms with Crippen LogP contribution in [0.25, 0.3) is 0 Å². The average Bonchev–Trinajstić information content (AvgIpc) is 2.94. The molecule has 0 amide bonds. The number of anilines is 1. The first-order valence-electron chi connectivity index (χ1n) is 5.04. The molecule has 0 aliphatic heterocycles. The lowest BCUT2D eigenvalue weighted by atomic mass is 10.2. The fraction of sp³-hybridized carbons (Fsp3) is 0.600. The van der Waals surface area contributed by atoms with Gasteiger partial charge < -0.3 is 5.73 Å². The molecule has 1 aromatic rings. The van der Waals surface area contributed by atoms with E-state index in [4.69, 9.17) is 5.73 Å². The standard InChI is InChI=1S/C10H14BrN3/c1-2-3-7-13-9(6-4-5-6)8(11)10(12)14-7/h6H,2-5H2,1H3,(H2,12,13,14). The van der Waals surface area contributed by atoms with Crippen molar-refractivity contribution in [3.8, 4) is 0 Å². The van der Waals surface area contributed by atoms with Crippen molar-refractivity contribution < 1.29 is 0 Å². The van der Waals surface area contributed by atoms with Gasteiger partial charge >= 0.3 is 0 Å². The Bertz CT molecular complexity index is 347. The lowest BCUT2D eigenvalue weighted by Gasteiger charge is -2.07. The van der Waals surface area contributed by atoms with Crippen LogP contribution in [0.2, 0.25) is 0 Å². The smallest absolute Gasteiger partial charge is 0.141 e. The highest BCUT2D eigenvalue weighted by molar-refractivity contribution is 9.10. The van der Waals surface area contributed by atoms with E-state index in [1.54, 1.807) is 0 Å². The van der Waals surface area contributed by atoms with E-state index in [2.05, 4.69) is 32.8 Å². The lowest BCUT2D eigenvalue weighted by molar-refractivity contribution is 0.810. The lowest BCUT2D eigenvalue weighted by Crippen LogP contribution is -2.04. The Morgan fingerprint density at radius 3 is 2.71 bits per heavy atom. The van der Waals surface area contributed by atoms with E-state index in [9.17, 15) is 0 Å². The summed E-state index contributed by atoms with van der Waals surface area (Å²) in [4.78, 5) is 8.80. The normalized spacial score (nSPS) is 15.9. The quantitative estimate of drug-likeness (QED) is 0.904. The Hall–Kier alpha value is -0.640. The van der Waals surface area contributed by atoms with Crippen LogP contribution >= 0.6 is 15.9 Å². The molecule has 0 unspecified atom stereocenters. The summed E-state index contributed by atoms with van der Waals surface area (Å²) < 4.78 is 0.903. The van der Waals surface area contributed by atoms with Crippen LogP contribution in [0.1, 0.15) is 43.6 Å². The molecule has 0 saturated heterocycles. The van der Waals surface area contributed by atoms with Gasteiger partial charge in [0.05, 0.1) is 10.2 Å². The van der Waals surface area contributed by atoms with Gasteiger partial charge in [0.25, 0.3) is 0 Å². The molecule has 1 aliphatic rings. The minimum absolute atomic E-state index is 0.588. The molecule has 1 aliphatic carbocycles. The molecular weight excluding hydrogens is 242 g/mol. The second kappa shape index (κ2) is 3.85. The SMILES string of the molecule is CCCc1nc(N)c(Br)c(C2CC2)n1. The number of nitrogens with two attached hydrogens (primary N) is 1. The predicted molar refractivity (Wildman–Crippen MR) is 60.1 cm³/mol. The van der Waals surface area contributed by atoms with Crippen LogP contribution in [0.5, 0.6) is 0 Å². The zero-order chi connectivity index (χ0) is 10.1. The van der Waals surface area contributed by atoms with E-state index >= 15 is 0 Å². The van der Waals surface area contributed by atoms with Crippen LogP contribution < -0.4 is 5.73 Å². The Labute approximate surface area is 92.3 Å². The summed E-state index contributed by atoms with van der Waals surface area (Å²) >= 11 is 3.46. The maximum absolute atomic E-state index is 5.82. The molecule has 14 heavy (non-hydrogen) atoms. The number of halogens is 1. The van der Waals surface area contributed by atoms with E-state index in [0.717, 1.165) is 28.8 Å². The first-order chi connectivity index (χ1) is 6.72. The Morgan fingerprint density at radius 1 is 1.43 bits per heavy atom. The fourth-order valence-corrected chi connectivity index (χ4v) is 2.00. The van der Waals surface area contributed by atoms with Gasteiger partial charge in [0.15, 0.2) is 0 Å². The molecule has 0 atom stereocenters. The highest BCUT2D eigenvalue weighted by atomic mass is 79.9. The Morgan fingerprint density at radius 2 is 2.14 bits per heavy atom. The highest BCUT2D eigenvalue weighted by Crippen LogP contribution is 2.43. The molecule has 1 heterocycles. The molecule has 1 saturated carbocycles. The maximum Gasteiger partial charge on any atom is 0.141 e. The topological polar surface area (TPSA) is 51.8 Å². The molecule has 0 bridgehead atoms. The van der Waals surface area contributed by atoms with Gasteiger partial charge in [-0.15, -0.1) is 0 Å². The Balaban J connectivity index is 2.36. The summed E-state index contributed by atoms with van der Waals surface area (Å²) in [5.74, 6) is 2.09. The summed E-state index contributed by atoms with van der Waals surface area (Å²) in [6.07, 6.45) is 4.45. The van der Waals surface area contributed by atoms with Gasteiger partial charge in [0.2, 0.25) is 0 Å². The molecule has 2 rings (SSSR count). The third kappa shape index (κ3) is 1.90. The van der Waals surface area contributed by atoms with Gasteiger partial charge in [-0.05, 0) is 35.2 Å². The second-order valence-corrected chi connectivity index (χ2v) is 4.54. The van der Waals surface area contributed by atoms with Crippen molar-refractivity contribution in [2.45, 2.75) is 38.5 Å². The van der Waals surface area contributed by atoms with E-state index in [1.807, 2.05) is 0 Å². The predicted octanol–water partition coefficient (Wildman–Crippen LogP) is 2.65. The molecule has 1 fully saturated rings. The number of rotatable bonds is 3. The molecule has 2 N–H and O–H groups in total. The van der Waals surface area contributed by atoms with Crippen molar-refractivity contribution in [2.75, 3.05) is 5.73 Å². The molecule has 0 spiro atoms. The molecule has 0 aromatic carbocycles. The van der Waals surface area contributed by atoms with Gasteiger partial charge in [-0.25, -0.2) is 9.97 Å². The summed E-state index contributed by atoms with van der Waals surface area (Å²) in [6.45, 7) is 2.12. The molecule has 3 nitrogen and oxygen atoms in total. The van der Waals surface area contributed by atoms with Crippen LogP contribution in [-0.2, 0) is 6.42 Å². The molecular formula is C10H14BrN3. The number of hydrogen-bond acceptors (Lipinski definition) is 3. The Kier molecular flexibility index (Phi) is 2.72. The molecule has 76 valence electrons. The van der Waals surface area contributed by atoms with Crippen molar-refractivity contribution in [2.24, 2.45) is 0 Å². The van der Waals surface area contributed by atoms with Crippen LogP contribution in [0, 0.1) is 0 Å². The zero-order valence-corrected chi connectivity index (χ0v) is 9.84.